The molecule has 4 unspecified atom stereocenters. The minimum Gasteiger partial charge on any atom is -0.300 e. The van der Waals surface area contributed by atoms with Gasteiger partial charge in [0.2, 0.25) is 0 Å². The third kappa shape index (κ3) is 1.63. The van der Waals surface area contributed by atoms with E-state index in [9.17, 15) is 4.79 Å². The topological polar surface area (TPSA) is 20.3 Å². The van der Waals surface area contributed by atoms with Crippen LogP contribution in [0.5, 0.6) is 0 Å². The Labute approximate surface area is 92.0 Å². The highest BCUT2D eigenvalue weighted by molar-refractivity contribution is 5.81. The minimum atomic E-state index is 0.520. The number of carbonyl (C=O) groups excluding carboxylic acids is 1. The molecule has 0 amide bonds. The maximum Gasteiger partial charge on any atom is 0.136 e. The lowest BCUT2D eigenvalue weighted by atomic mass is 10.0. The van der Waals surface area contributed by atoms with Crippen LogP contribution in [0.2, 0.25) is 0 Å². The second-order valence-corrected chi connectivity index (χ2v) is 5.63. The Morgan fingerprint density at radius 3 is 2.53 bits per heavy atom. The first-order valence-electron chi connectivity index (χ1n) is 6.58. The number of carbonyl (C=O) groups is 1. The van der Waals surface area contributed by atoms with Crippen molar-refractivity contribution in [1.82, 2.24) is 4.90 Å². The summed E-state index contributed by atoms with van der Waals surface area (Å²) in [7, 11) is 0. The Kier molecular flexibility index (Phi) is 2.35. The molecule has 0 aromatic heterocycles. The van der Waals surface area contributed by atoms with Crippen LogP contribution < -0.4 is 0 Å². The standard InChI is InChI=1S/C13H21NO/c1-2-3-9-6-13(9)14-10-4-5-11(14)8-12(15)7-10/h9-11,13H,2-8H2,1H3. The van der Waals surface area contributed by atoms with Crippen LogP contribution >= 0.6 is 0 Å². The second-order valence-electron chi connectivity index (χ2n) is 5.63. The molecule has 3 fully saturated rings. The molecule has 2 aliphatic heterocycles. The Morgan fingerprint density at radius 2 is 1.93 bits per heavy atom. The van der Waals surface area contributed by atoms with Gasteiger partial charge in [0.05, 0.1) is 0 Å². The van der Waals surface area contributed by atoms with Crippen LogP contribution in [0, 0.1) is 5.92 Å². The van der Waals surface area contributed by atoms with Crippen molar-refractivity contribution in [3.63, 3.8) is 0 Å². The average Bonchev–Trinajstić information content (AvgIpc) is 2.89. The summed E-state index contributed by atoms with van der Waals surface area (Å²) in [6.45, 7) is 2.28. The van der Waals surface area contributed by atoms with Gasteiger partial charge < -0.3 is 0 Å². The maximum atomic E-state index is 11.5. The highest BCUT2D eigenvalue weighted by Crippen LogP contribution is 2.47. The Balaban J connectivity index is 1.66. The molecule has 2 bridgehead atoms. The highest BCUT2D eigenvalue weighted by atomic mass is 16.1. The summed E-state index contributed by atoms with van der Waals surface area (Å²) in [5, 5.41) is 0. The fourth-order valence-electron chi connectivity index (χ4n) is 3.82. The van der Waals surface area contributed by atoms with Crippen LogP contribution in [0.15, 0.2) is 0 Å². The van der Waals surface area contributed by atoms with Gasteiger partial charge in [0.25, 0.3) is 0 Å². The second kappa shape index (κ2) is 3.58. The van der Waals surface area contributed by atoms with E-state index in [1.165, 1.54) is 32.1 Å². The van der Waals surface area contributed by atoms with E-state index >= 15 is 0 Å². The molecule has 2 heteroatoms. The van der Waals surface area contributed by atoms with Crippen molar-refractivity contribution in [3.05, 3.63) is 0 Å². The van der Waals surface area contributed by atoms with Gasteiger partial charge in [-0.25, -0.2) is 0 Å². The van der Waals surface area contributed by atoms with Crippen LogP contribution in [-0.4, -0.2) is 28.8 Å². The number of fused-ring (bicyclic) bond motifs is 2. The average molecular weight is 207 g/mol. The summed E-state index contributed by atoms with van der Waals surface area (Å²) in [6.07, 6.45) is 8.40. The van der Waals surface area contributed by atoms with Gasteiger partial charge in [-0.15, -0.1) is 0 Å². The molecule has 4 atom stereocenters. The van der Waals surface area contributed by atoms with E-state index in [1.54, 1.807) is 0 Å². The maximum absolute atomic E-state index is 11.5. The lowest BCUT2D eigenvalue weighted by Crippen LogP contribution is -2.45. The first-order valence-corrected chi connectivity index (χ1v) is 6.58. The van der Waals surface area contributed by atoms with Crippen LogP contribution in [0.4, 0.5) is 0 Å². The summed E-state index contributed by atoms with van der Waals surface area (Å²) >= 11 is 0. The normalized spacial score (nSPS) is 44.7. The summed E-state index contributed by atoms with van der Waals surface area (Å²) in [6, 6.07) is 2.11. The third-order valence-electron chi connectivity index (χ3n) is 4.53. The number of hydrogen-bond acceptors (Lipinski definition) is 2. The van der Waals surface area contributed by atoms with Crippen molar-refractivity contribution in [2.24, 2.45) is 5.92 Å². The van der Waals surface area contributed by atoms with Crippen molar-refractivity contribution in [1.29, 1.82) is 0 Å². The van der Waals surface area contributed by atoms with Gasteiger partial charge in [0.1, 0.15) is 5.78 Å². The summed E-state index contributed by atoms with van der Waals surface area (Å²) in [4.78, 5) is 14.2. The Hall–Kier alpha value is -0.370. The highest BCUT2D eigenvalue weighted by Gasteiger charge is 2.51. The molecule has 1 saturated carbocycles. The predicted octanol–water partition coefficient (Wildman–Crippen LogP) is 2.37. The number of rotatable bonds is 3. The van der Waals surface area contributed by atoms with Gasteiger partial charge >= 0.3 is 0 Å². The van der Waals surface area contributed by atoms with E-state index in [2.05, 4.69) is 11.8 Å². The molecule has 15 heavy (non-hydrogen) atoms. The number of Topliss-reactive ketones (excluding diaryl/α,β-unsaturated/α-hetero) is 1. The van der Waals surface area contributed by atoms with Crippen molar-refractivity contribution >= 4 is 5.78 Å². The SMILES string of the molecule is CCCC1CC1N1C2CCC1CC(=O)C2. The van der Waals surface area contributed by atoms with Crippen molar-refractivity contribution in [2.75, 3.05) is 0 Å². The van der Waals surface area contributed by atoms with E-state index in [0.717, 1.165) is 24.8 Å². The molecule has 2 saturated heterocycles. The van der Waals surface area contributed by atoms with E-state index in [1.807, 2.05) is 0 Å². The molecule has 2 heterocycles. The molecule has 2 nitrogen and oxygen atoms in total. The zero-order chi connectivity index (χ0) is 10.4. The molecule has 3 aliphatic rings. The number of nitrogens with zero attached hydrogens (tertiary/aromatic N) is 1. The summed E-state index contributed by atoms with van der Waals surface area (Å²) in [5.41, 5.74) is 0. The predicted molar refractivity (Wildman–Crippen MR) is 59.7 cm³/mol. The summed E-state index contributed by atoms with van der Waals surface area (Å²) in [5.74, 6) is 1.48. The molecular formula is C13H21NO. The minimum absolute atomic E-state index is 0.520. The van der Waals surface area contributed by atoms with E-state index in [-0.39, 0.29) is 0 Å². The van der Waals surface area contributed by atoms with Crippen LogP contribution in [-0.2, 0) is 4.79 Å². The van der Waals surface area contributed by atoms with Gasteiger partial charge in [0.15, 0.2) is 0 Å². The fraction of sp³-hybridized carbons (Fsp3) is 0.923. The van der Waals surface area contributed by atoms with Gasteiger partial charge in [-0.2, -0.15) is 0 Å². The largest absolute Gasteiger partial charge is 0.300 e. The Bertz CT molecular complexity index is 260. The first-order chi connectivity index (χ1) is 7.29. The number of piperidine rings is 1. The third-order valence-corrected chi connectivity index (χ3v) is 4.53. The van der Waals surface area contributed by atoms with Gasteiger partial charge in [-0.05, 0) is 31.6 Å². The summed E-state index contributed by atoms with van der Waals surface area (Å²) < 4.78 is 0. The van der Waals surface area contributed by atoms with Gasteiger partial charge in [-0.3, -0.25) is 9.69 Å². The van der Waals surface area contributed by atoms with Crippen molar-refractivity contribution in [2.45, 2.75) is 70.0 Å². The fourth-order valence-corrected chi connectivity index (χ4v) is 3.82. The van der Waals surface area contributed by atoms with E-state index < -0.39 is 0 Å². The molecule has 0 N–H and O–H groups in total. The molecule has 3 rings (SSSR count). The van der Waals surface area contributed by atoms with Gasteiger partial charge in [-0.1, -0.05) is 13.3 Å². The smallest absolute Gasteiger partial charge is 0.136 e. The lowest BCUT2D eigenvalue weighted by Gasteiger charge is -2.34. The molecule has 0 radical (unpaired) electrons. The quantitative estimate of drug-likeness (QED) is 0.708. The molecule has 1 aliphatic carbocycles. The number of ketones is 1. The van der Waals surface area contributed by atoms with Crippen LogP contribution in [0.25, 0.3) is 0 Å². The van der Waals surface area contributed by atoms with Crippen molar-refractivity contribution < 1.29 is 4.79 Å². The van der Waals surface area contributed by atoms with Crippen LogP contribution in [0.3, 0.4) is 0 Å². The van der Waals surface area contributed by atoms with Crippen LogP contribution in [0.1, 0.15) is 51.9 Å². The monoisotopic (exact) mass is 207 g/mol. The molecular weight excluding hydrogens is 186 g/mol. The molecule has 0 aromatic rings. The first kappa shape index (κ1) is 9.83. The van der Waals surface area contributed by atoms with E-state index in [0.29, 0.717) is 17.9 Å². The molecule has 0 aromatic carbocycles. The Morgan fingerprint density at radius 1 is 1.27 bits per heavy atom. The zero-order valence-corrected chi connectivity index (χ0v) is 9.61. The lowest BCUT2D eigenvalue weighted by molar-refractivity contribution is -0.123. The molecule has 84 valence electrons. The molecule has 0 spiro atoms. The zero-order valence-electron chi connectivity index (χ0n) is 9.61. The number of hydrogen-bond donors (Lipinski definition) is 0. The van der Waals surface area contributed by atoms with Gasteiger partial charge in [0, 0.05) is 31.0 Å². The van der Waals surface area contributed by atoms with E-state index in [4.69, 9.17) is 0 Å². The van der Waals surface area contributed by atoms with Crippen molar-refractivity contribution in [3.8, 4) is 0 Å².